The standard InChI is InChI=1S/C23H18FN5O2/c24-15-3-1-13(2-4-15)18-12-26-20-21(27-18)29-19(28-20)14-5-8-23(9-6-14)17-11-25-10-7-16(17)22(30)31-23/h1-4,7,10-12,14H,5-6,8-9H2,(H,26,27,28,29). The van der Waals surface area contributed by atoms with Gasteiger partial charge in [0, 0.05) is 29.4 Å². The summed E-state index contributed by atoms with van der Waals surface area (Å²) in [5.41, 5.74) is 3.57. The summed E-state index contributed by atoms with van der Waals surface area (Å²) in [7, 11) is 0. The smallest absolute Gasteiger partial charge is 0.339 e. The van der Waals surface area contributed by atoms with Crippen molar-refractivity contribution in [3.63, 3.8) is 0 Å². The van der Waals surface area contributed by atoms with E-state index in [1.54, 1.807) is 36.8 Å². The maximum absolute atomic E-state index is 13.2. The number of ether oxygens (including phenoxy) is 1. The zero-order chi connectivity index (χ0) is 21.0. The lowest BCUT2D eigenvalue weighted by Gasteiger charge is -2.35. The number of nitrogens with one attached hydrogen (secondary N) is 1. The van der Waals surface area contributed by atoms with Crippen LogP contribution in [0.3, 0.4) is 0 Å². The molecule has 0 unspecified atom stereocenters. The molecule has 0 bridgehead atoms. The topological polar surface area (TPSA) is 93.6 Å². The van der Waals surface area contributed by atoms with E-state index in [1.165, 1.54) is 12.1 Å². The van der Waals surface area contributed by atoms with E-state index >= 15 is 0 Å². The van der Waals surface area contributed by atoms with Crippen molar-refractivity contribution in [3.8, 4) is 11.3 Å². The number of hydrogen-bond acceptors (Lipinski definition) is 6. The number of rotatable bonds is 2. The van der Waals surface area contributed by atoms with Gasteiger partial charge in [-0.3, -0.25) is 4.98 Å². The predicted molar refractivity (Wildman–Crippen MR) is 110 cm³/mol. The first-order valence-electron chi connectivity index (χ1n) is 10.3. The summed E-state index contributed by atoms with van der Waals surface area (Å²) in [5, 5.41) is 0. The van der Waals surface area contributed by atoms with Crippen LogP contribution in [0.5, 0.6) is 0 Å². The SMILES string of the molecule is O=C1OC2(CCC(c3nc4ncc(-c5ccc(F)cc5)nc4[nH]3)CC2)c2cnccc21. The molecule has 1 spiro atoms. The Labute approximate surface area is 176 Å². The lowest BCUT2D eigenvalue weighted by atomic mass is 9.75. The largest absolute Gasteiger partial charge is 0.450 e. The number of carbonyl (C=O) groups excluding carboxylic acids is 1. The van der Waals surface area contributed by atoms with Gasteiger partial charge in [-0.15, -0.1) is 0 Å². The molecule has 1 aliphatic heterocycles. The minimum atomic E-state index is -0.574. The van der Waals surface area contributed by atoms with E-state index < -0.39 is 5.60 Å². The van der Waals surface area contributed by atoms with Gasteiger partial charge in [0.25, 0.3) is 0 Å². The molecule has 154 valence electrons. The Morgan fingerprint density at radius 2 is 1.87 bits per heavy atom. The van der Waals surface area contributed by atoms with Crippen LogP contribution in [0.2, 0.25) is 0 Å². The molecule has 31 heavy (non-hydrogen) atoms. The number of hydrogen-bond donors (Lipinski definition) is 1. The van der Waals surface area contributed by atoms with Gasteiger partial charge in [-0.1, -0.05) is 0 Å². The number of carbonyl (C=O) groups is 1. The third kappa shape index (κ3) is 2.90. The number of fused-ring (bicyclic) bond motifs is 3. The van der Waals surface area contributed by atoms with Crippen molar-refractivity contribution in [3.05, 3.63) is 71.7 Å². The molecule has 1 aliphatic carbocycles. The van der Waals surface area contributed by atoms with Crippen molar-refractivity contribution in [2.75, 3.05) is 0 Å². The summed E-state index contributed by atoms with van der Waals surface area (Å²) >= 11 is 0. The van der Waals surface area contributed by atoms with Gasteiger partial charge in [-0.05, 0) is 56.0 Å². The number of aromatic amines is 1. The molecule has 1 fully saturated rings. The zero-order valence-electron chi connectivity index (χ0n) is 16.5. The monoisotopic (exact) mass is 415 g/mol. The van der Waals surface area contributed by atoms with Gasteiger partial charge in [-0.2, -0.15) is 0 Å². The molecule has 7 nitrogen and oxygen atoms in total. The number of benzene rings is 1. The van der Waals surface area contributed by atoms with Gasteiger partial charge in [0.1, 0.15) is 17.2 Å². The van der Waals surface area contributed by atoms with Crippen LogP contribution in [0.4, 0.5) is 4.39 Å². The van der Waals surface area contributed by atoms with Crippen molar-refractivity contribution < 1.29 is 13.9 Å². The maximum Gasteiger partial charge on any atom is 0.339 e. The van der Waals surface area contributed by atoms with Crippen molar-refractivity contribution >= 4 is 17.3 Å². The average molecular weight is 415 g/mol. The lowest BCUT2D eigenvalue weighted by molar-refractivity contribution is -0.0313. The number of halogens is 1. The second-order valence-electron chi connectivity index (χ2n) is 8.14. The molecule has 4 heterocycles. The number of aromatic nitrogens is 5. The minimum Gasteiger partial charge on any atom is -0.450 e. The first-order valence-corrected chi connectivity index (χ1v) is 10.3. The quantitative estimate of drug-likeness (QED) is 0.491. The molecular formula is C23H18FN5O2. The molecule has 8 heteroatoms. The molecule has 0 atom stereocenters. The van der Waals surface area contributed by atoms with E-state index in [-0.39, 0.29) is 17.7 Å². The van der Waals surface area contributed by atoms with Crippen molar-refractivity contribution in [2.45, 2.75) is 37.2 Å². The normalized spacial score (nSPS) is 22.6. The highest BCUT2D eigenvalue weighted by atomic mass is 19.1. The fourth-order valence-electron chi connectivity index (χ4n) is 4.72. The predicted octanol–water partition coefficient (Wildman–Crippen LogP) is 4.28. The third-order valence-corrected chi connectivity index (χ3v) is 6.37. The molecule has 0 radical (unpaired) electrons. The molecule has 6 rings (SSSR count). The fourth-order valence-corrected chi connectivity index (χ4v) is 4.72. The van der Waals surface area contributed by atoms with Crippen LogP contribution in [0, 0.1) is 5.82 Å². The molecule has 1 aromatic carbocycles. The molecule has 1 N–H and O–H groups in total. The second-order valence-corrected chi connectivity index (χ2v) is 8.14. The van der Waals surface area contributed by atoms with E-state index in [4.69, 9.17) is 4.74 Å². The third-order valence-electron chi connectivity index (χ3n) is 6.37. The lowest BCUT2D eigenvalue weighted by Crippen LogP contribution is -2.31. The fraction of sp³-hybridized carbons (Fsp3) is 0.261. The van der Waals surface area contributed by atoms with Gasteiger partial charge in [0.2, 0.25) is 0 Å². The van der Waals surface area contributed by atoms with Crippen molar-refractivity contribution in [1.29, 1.82) is 0 Å². The first kappa shape index (κ1) is 18.1. The van der Waals surface area contributed by atoms with Gasteiger partial charge < -0.3 is 9.72 Å². The Hall–Kier alpha value is -3.68. The molecule has 0 saturated heterocycles. The highest BCUT2D eigenvalue weighted by Crippen LogP contribution is 2.49. The highest BCUT2D eigenvalue weighted by Gasteiger charge is 2.48. The van der Waals surface area contributed by atoms with Crippen molar-refractivity contribution in [1.82, 2.24) is 24.9 Å². The average Bonchev–Trinajstić information content (AvgIpc) is 3.34. The van der Waals surface area contributed by atoms with Crippen LogP contribution in [0.25, 0.3) is 22.6 Å². The van der Waals surface area contributed by atoms with Gasteiger partial charge in [0.05, 0.1) is 17.5 Å². The Balaban J connectivity index is 1.25. The number of nitrogens with zero attached hydrogens (tertiary/aromatic N) is 4. The van der Waals surface area contributed by atoms with Gasteiger partial charge in [-0.25, -0.2) is 24.1 Å². The molecule has 0 amide bonds. The molecule has 4 aromatic rings. The summed E-state index contributed by atoms with van der Waals surface area (Å²) in [6, 6.07) is 7.90. The number of imidazole rings is 1. The minimum absolute atomic E-state index is 0.204. The van der Waals surface area contributed by atoms with Crippen LogP contribution in [0.1, 0.15) is 53.3 Å². The van der Waals surface area contributed by atoms with Crippen LogP contribution in [-0.4, -0.2) is 30.9 Å². The van der Waals surface area contributed by atoms with E-state index in [9.17, 15) is 9.18 Å². The Morgan fingerprint density at radius 1 is 1.06 bits per heavy atom. The van der Waals surface area contributed by atoms with E-state index in [2.05, 4.69) is 24.9 Å². The van der Waals surface area contributed by atoms with E-state index in [0.717, 1.165) is 42.6 Å². The van der Waals surface area contributed by atoms with E-state index in [0.29, 0.717) is 22.6 Å². The summed E-state index contributed by atoms with van der Waals surface area (Å²) in [5.74, 6) is 0.497. The Morgan fingerprint density at radius 3 is 2.68 bits per heavy atom. The summed E-state index contributed by atoms with van der Waals surface area (Å²) in [6.45, 7) is 0. The maximum atomic E-state index is 13.2. The first-order chi connectivity index (χ1) is 15.1. The molecule has 3 aromatic heterocycles. The van der Waals surface area contributed by atoms with Crippen LogP contribution >= 0.6 is 0 Å². The highest BCUT2D eigenvalue weighted by molar-refractivity contribution is 5.94. The molecule has 2 aliphatic rings. The van der Waals surface area contributed by atoms with E-state index in [1.807, 2.05) is 0 Å². The summed E-state index contributed by atoms with van der Waals surface area (Å²) in [6.07, 6.45) is 8.13. The summed E-state index contributed by atoms with van der Waals surface area (Å²) in [4.78, 5) is 33.5. The molecule has 1 saturated carbocycles. The second kappa shape index (κ2) is 6.66. The summed E-state index contributed by atoms with van der Waals surface area (Å²) < 4.78 is 19.0. The van der Waals surface area contributed by atoms with Gasteiger partial charge in [0.15, 0.2) is 11.3 Å². The number of esters is 1. The molecular weight excluding hydrogens is 397 g/mol. The van der Waals surface area contributed by atoms with Gasteiger partial charge >= 0.3 is 5.97 Å². The number of pyridine rings is 1. The Kier molecular flexibility index (Phi) is 3.89. The van der Waals surface area contributed by atoms with Crippen LogP contribution in [0.15, 0.2) is 48.9 Å². The zero-order valence-corrected chi connectivity index (χ0v) is 16.5. The van der Waals surface area contributed by atoms with Crippen LogP contribution in [-0.2, 0) is 10.3 Å². The Bertz CT molecular complexity index is 1310. The number of H-pyrrole nitrogens is 1. The van der Waals surface area contributed by atoms with Crippen LogP contribution < -0.4 is 0 Å². The van der Waals surface area contributed by atoms with Crippen molar-refractivity contribution in [2.24, 2.45) is 0 Å².